The van der Waals surface area contributed by atoms with Gasteiger partial charge in [0, 0.05) is 37.1 Å². The molecule has 0 spiro atoms. The zero-order valence-corrected chi connectivity index (χ0v) is 16.7. The van der Waals surface area contributed by atoms with Crippen molar-refractivity contribution in [1.82, 2.24) is 15.0 Å². The summed E-state index contributed by atoms with van der Waals surface area (Å²) in [7, 11) is 1.67. The number of pyridine rings is 1. The lowest BCUT2D eigenvalue weighted by atomic mass is 10.2. The van der Waals surface area contributed by atoms with Gasteiger partial charge in [-0.25, -0.2) is 9.97 Å². The highest BCUT2D eigenvalue weighted by atomic mass is 16.5. The van der Waals surface area contributed by atoms with Gasteiger partial charge < -0.3 is 15.4 Å². The molecule has 2 aromatic carbocycles. The number of rotatable bonds is 8. The van der Waals surface area contributed by atoms with E-state index in [0.29, 0.717) is 18.9 Å². The van der Waals surface area contributed by atoms with Crippen molar-refractivity contribution in [2.75, 3.05) is 17.7 Å². The number of hydrogen-bond donors (Lipinski definition) is 2. The molecule has 0 saturated heterocycles. The molecule has 2 N–H and O–H groups in total. The Bertz CT molecular complexity index is 1070. The Labute approximate surface area is 176 Å². The molecule has 0 aliphatic carbocycles. The van der Waals surface area contributed by atoms with Gasteiger partial charge in [0.05, 0.1) is 7.11 Å². The minimum Gasteiger partial charge on any atom is -0.497 e. The topological polar surface area (TPSA) is 72.0 Å². The normalized spacial score (nSPS) is 10.4. The van der Waals surface area contributed by atoms with Gasteiger partial charge >= 0.3 is 0 Å². The van der Waals surface area contributed by atoms with E-state index in [1.165, 1.54) is 0 Å². The molecule has 0 bridgehead atoms. The second kappa shape index (κ2) is 9.52. The lowest BCUT2D eigenvalue weighted by molar-refractivity contribution is 0.414. The molecule has 2 heterocycles. The van der Waals surface area contributed by atoms with Gasteiger partial charge in [-0.2, -0.15) is 0 Å². The molecule has 4 rings (SSSR count). The lowest BCUT2D eigenvalue weighted by Crippen LogP contribution is -2.07. The SMILES string of the molecule is COc1ccc(CNc2cc(NCc3cccnc3)nc(-c3ccccc3)n2)cc1. The average molecular weight is 397 g/mol. The fourth-order valence-electron chi connectivity index (χ4n) is 2.98. The van der Waals surface area contributed by atoms with Crippen molar-refractivity contribution in [1.29, 1.82) is 0 Å². The van der Waals surface area contributed by atoms with E-state index >= 15 is 0 Å². The lowest BCUT2D eigenvalue weighted by Gasteiger charge is -2.12. The van der Waals surface area contributed by atoms with Crippen molar-refractivity contribution >= 4 is 11.6 Å². The monoisotopic (exact) mass is 397 g/mol. The average Bonchev–Trinajstić information content (AvgIpc) is 2.83. The van der Waals surface area contributed by atoms with Crippen LogP contribution in [0.3, 0.4) is 0 Å². The zero-order chi connectivity index (χ0) is 20.6. The van der Waals surface area contributed by atoms with E-state index in [1.54, 1.807) is 13.3 Å². The molecule has 0 amide bonds. The van der Waals surface area contributed by atoms with E-state index in [1.807, 2.05) is 79.0 Å². The maximum Gasteiger partial charge on any atom is 0.163 e. The number of ether oxygens (including phenoxy) is 1. The molecule has 6 nitrogen and oxygen atoms in total. The van der Waals surface area contributed by atoms with Crippen LogP contribution < -0.4 is 15.4 Å². The maximum absolute atomic E-state index is 5.22. The summed E-state index contributed by atoms with van der Waals surface area (Å²) in [5.74, 6) is 3.02. The number of aromatic nitrogens is 3. The third-order valence-corrected chi connectivity index (χ3v) is 4.59. The third-order valence-electron chi connectivity index (χ3n) is 4.59. The summed E-state index contributed by atoms with van der Waals surface area (Å²) < 4.78 is 5.22. The van der Waals surface area contributed by atoms with Gasteiger partial charge in [-0.15, -0.1) is 0 Å². The van der Waals surface area contributed by atoms with Crippen molar-refractivity contribution < 1.29 is 4.74 Å². The van der Waals surface area contributed by atoms with Crippen LogP contribution in [-0.2, 0) is 13.1 Å². The van der Waals surface area contributed by atoms with Gasteiger partial charge in [0.25, 0.3) is 0 Å². The second-order valence-corrected chi connectivity index (χ2v) is 6.74. The number of anilines is 2. The van der Waals surface area contributed by atoms with Gasteiger partial charge in [-0.05, 0) is 29.3 Å². The van der Waals surface area contributed by atoms with Crippen LogP contribution >= 0.6 is 0 Å². The quantitative estimate of drug-likeness (QED) is 0.446. The molecule has 6 heteroatoms. The molecule has 150 valence electrons. The first-order valence-electron chi connectivity index (χ1n) is 9.74. The Morgan fingerprint density at radius 1 is 0.767 bits per heavy atom. The van der Waals surface area contributed by atoms with E-state index in [4.69, 9.17) is 14.7 Å². The Kier molecular flexibility index (Phi) is 6.15. The van der Waals surface area contributed by atoms with E-state index in [9.17, 15) is 0 Å². The third kappa shape index (κ3) is 5.11. The summed E-state index contributed by atoms with van der Waals surface area (Å²) in [6, 6.07) is 23.8. The van der Waals surface area contributed by atoms with Gasteiger partial charge in [-0.3, -0.25) is 4.98 Å². The number of hydrogen-bond acceptors (Lipinski definition) is 6. The Balaban J connectivity index is 1.54. The van der Waals surface area contributed by atoms with Crippen LogP contribution in [0.2, 0.25) is 0 Å². The van der Waals surface area contributed by atoms with Crippen molar-refractivity contribution in [2.24, 2.45) is 0 Å². The highest BCUT2D eigenvalue weighted by molar-refractivity contribution is 5.61. The van der Waals surface area contributed by atoms with E-state index < -0.39 is 0 Å². The molecule has 0 saturated carbocycles. The van der Waals surface area contributed by atoms with Gasteiger partial charge in [0.2, 0.25) is 0 Å². The molecule has 0 radical (unpaired) electrons. The molecule has 2 aromatic heterocycles. The zero-order valence-electron chi connectivity index (χ0n) is 16.7. The molecule has 0 atom stereocenters. The number of benzene rings is 2. The van der Waals surface area contributed by atoms with Gasteiger partial charge in [-0.1, -0.05) is 48.5 Å². The first-order chi connectivity index (χ1) is 14.8. The first-order valence-corrected chi connectivity index (χ1v) is 9.74. The number of nitrogens with one attached hydrogen (secondary N) is 2. The molecule has 0 aliphatic rings. The van der Waals surface area contributed by atoms with Crippen molar-refractivity contribution in [3.63, 3.8) is 0 Å². The molecule has 0 unspecified atom stereocenters. The minimum atomic E-state index is 0.636. The Morgan fingerprint density at radius 3 is 2.10 bits per heavy atom. The Morgan fingerprint density at radius 2 is 1.47 bits per heavy atom. The summed E-state index contributed by atoms with van der Waals surface area (Å²) in [4.78, 5) is 13.6. The molecular formula is C24H23N5O. The fraction of sp³-hybridized carbons (Fsp3) is 0.125. The van der Waals surface area contributed by atoms with E-state index in [2.05, 4.69) is 15.6 Å². The van der Waals surface area contributed by atoms with Crippen LogP contribution in [0, 0.1) is 0 Å². The summed E-state index contributed by atoms with van der Waals surface area (Å²) in [5.41, 5.74) is 3.20. The van der Waals surface area contributed by atoms with Crippen molar-refractivity contribution in [2.45, 2.75) is 13.1 Å². The highest BCUT2D eigenvalue weighted by Gasteiger charge is 2.07. The molecule has 0 aliphatic heterocycles. The summed E-state index contributed by atoms with van der Waals surface area (Å²) in [5, 5.41) is 6.78. The van der Waals surface area contributed by atoms with Crippen molar-refractivity contribution in [3.05, 3.63) is 96.3 Å². The van der Waals surface area contributed by atoms with E-state index in [-0.39, 0.29) is 0 Å². The number of nitrogens with zero attached hydrogens (tertiary/aromatic N) is 3. The predicted molar refractivity (Wildman–Crippen MR) is 119 cm³/mol. The summed E-state index contributed by atoms with van der Waals surface area (Å²) >= 11 is 0. The number of methoxy groups -OCH3 is 1. The largest absolute Gasteiger partial charge is 0.497 e. The van der Waals surface area contributed by atoms with Crippen LogP contribution in [0.4, 0.5) is 11.6 Å². The van der Waals surface area contributed by atoms with Crippen LogP contribution in [0.15, 0.2) is 85.2 Å². The molecular weight excluding hydrogens is 374 g/mol. The predicted octanol–water partition coefficient (Wildman–Crippen LogP) is 4.77. The maximum atomic E-state index is 5.22. The molecule has 0 fully saturated rings. The first kappa shape index (κ1) is 19.4. The van der Waals surface area contributed by atoms with Crippen LogP contribution in [-0.4, -0.2) is 22.1 Å². The summed E-state index contributed by atoms with van der Waals surface area (Å²) in [6.07, 6.45) is 3.61. The highest BCUT2D eigenvalue weighted by Crippen LogP contribution is 2.21. The molecule has 4 aromatic rings. The van der Waals surface area contributed by atoms with Crippen LogP contribution in [0.25, 0.3) is 11.4 Å². The van der Waals surface area contributed by atoms with Gasteiger partial charge in [0.1, 0.15) is 17.4 Å². The minimum absolute atomic E-state index is 0.636. The van der Waals surface area contributed by atoms with Crippen LogP contribution in [0.5, 0.6) is 5.75 Å². The smallest absolute Gasteiger partial charge is 0.163 e. The standard InChI is InChI=1S/C24H23N5O/c1-30-21-11-9-18(10-12-21)16-26-22-14-23(27-17-19-6-5-13-25-15-19)29-24(28-22)20-7-3-2-4-8-20/h2-15H,16-17H2,1H3,(H2,26,27,28,29). The van der Waals surface area contributed by atoms with E-state index in [0.717, 1.165) is 34.1 Å². The summed E-state index contributed by atoms with van der Waals surface area (Å²) in [6.45, 7) is 1.29. The van der Waals surface area contributed by atoms with Crippen LogP contribution in [0.1, 0.15) is 11.1 Å². The second-order valence-electron chi connectivity index (χ2n) is 6.74. The Hall–Kier alpha value is -3.93. The molecule has 30 heavy (non-hydrogen) atoms. The van der Waals surface area contributed by atoms with Crippen molar-refractivity contribution in [3.8, 4) is 17.1 Å². The fourth-order valence-corrected chi connectivity index (χ4v) is 2.98. The van der Waals surface area contributed by atoms with Gasteiger partial charge in [0.15, 0.2) is 5.82 Å².